The molecule has 0 N–H and O–H groups in total. The molecule has 5 aliphatic rings. The second-order valence-corrected chi connectivity index (χ2v) is 34.1. The lowest BCUT2D eigenvalue weighted by Crippen LogP contribution is -2.36. The molecular formula is C111H106N18O2. The molecule has 0 amide bonds. The summed E-state index contributed by atoms with van der Waals surface area (Å²) >= 11 is 0. The third-order valence-electron chi connectivity index (χ3n) is 25.6. The molecule has 131 heavy (non-hydrogen) atoms. The average molecular weight is 1720 g/mol. The average Bonchev–Trinajstić information content (AvgIpc) is 1.60. The van der Waals surface area contributed by atoms with Crippen molar-refractivity contribution in [3.8, 4) is 0 Å². The van der Waals surface area contributed by atoms with E-state index in [2.05, 4.69) is 384 Å². The lowest BCUT2D eigenvalue weighted by Gasteiger charge is -2.30. The number of pyridine rings is 2. The van der Waals surface area contributed by atoms with E-state index in [4.69, 9.17) is 38.7 Å². The summed E-state index contributed by atoms with van der Waals surface area (Å²) in [6.07, 6.45) is 9.09. The van der Waals surface area contributed by atoms with Gasteiger partial charge in [0.05, 0.1) is 45.2 Å². The van der Waals surface area contributed by atoms with E-state index < -0.39 is 0 Å². The van der Waals surface area contributed by atoms with Crippen molar-refractivity contribution in [3.05, 3.63) is 384 Å². The highest BCUT2D eigenvalue weighted by Crippen LogP contribution is 2.52. The minimum atomic E-state index is 0.0697. The fraction of sp³-hybridized carbons (Fsp3) is 0.189. The molecule has 18 aromatic rings. The molecule has 23 rings (SSSR count). The number of hydrogen-bond donors (Lipinski definition) is 0. The SMILES string of the molecule is Cc1ccc2c(n1)oc1c(N3C=CN(c4ccccc4)[C@@H]3C)c(C)ccc12.Cc1ccc2c(n1)oc1c(N3C=CN(c4ccccc4)[C@@H]3C)c(C)ccc12.Cc1ccccc1N1c2nc(C)c(C)nc2N(c2ccccc2)[C@@H]1C.Cc1ccccc1N1c2nc(C)c(C)nc2N(c2ccccc2)[C@@H]1C.Cc1ccccc1N1c2nc3ccccc3nc2N(c2ccccc2)[C@@H]1C. The van der Waals surface area contributed by atoms with Gasteiger partial charge in [0.15, 0.2) is 46.1 Å². The number of nitrogens with zero attached hydrogens (tertiary/aromatic N) is 18. The van der Waals surface area contributed by atoms with Crippen LogP contribution in [0.3, 0.4) is 0 Å². The van der Waals surface area contributed by atoms with Crippen LogP contribution in [0.25, 0.3) is 55.2 Å². The maximum absolute atomic E-state index is 6.24. The van der Waals surface area contributed by atoms with Crippen LogP contribution in [0.1, 0.15) is 96.6 Å². The molecule has 7 aromatic heterocycles. The Morgan fingerprint density at radius 2 is 0.473 bits per heavy atom. The number of rotatable bonds is 10. The molecule has 5 atom stereocenters. The molecule has 0 saturated carbocycles. The van der Waals surface area contributed by atoms with Gasteiger partial charge in [-0.3, -0.25) is 0 Å². The van der Waals surface area contributed by atoms with Gasteiger partial charge in [-0.25, -0.2) is 39.9 Å². The van der Waals surface area contributed by atoms with E-state index in [1.165, 1.54) is 50.6 Å². The van der Waals surface area contributed by atoms with Crippen LogP contribution < -0.4 is 49.0 Å². The zero-order chi connectivity index (χ0) is 90.6. The lowest BCUT2D eigenvalue weighted by molar-refractivity contribution is 0.647. The summed E-state index contributed by atoms with van der Waals surface area (Å²) in [4.78, 5) is 61.5. The highest BCUT2D eigenvalue weighted by atomic mass is 16.3. The van der Waals surface area contributed by atoms with Gasteiger partial charge in [0.2, 0.25) is 11.4 Å². The first-order valence-electron chi connectivity index (χ1n) is 44.9. The van der Waals surface area contributed by atoms with Gasteiger partial charge in [-0.1, -0.05) is 182 Å². The summed E-state index contributed by atoms with van der Waals surface area (Å²) in [5.41, 5.74) is 28.3. The van der Waals surface area contributed by atoms with Crippen LogP contribution in [0.15, 0.2) is 331 Å². The van der Waals surface area contributed by atoms with Crippen LogP contribution in [-0.4, -0.2) is 70.7 Å². The fourth-order valence-electron chi connectivity index (χ4n) is 18.6. The molecule has 652 valence electrons. The van der Waals surface area contributed by atoms with E-state index in [1.54, 1.807) is 0 Å². The van der Waals surface area contributed by atoms with E-state index in [9.17, 15) is 0 Å². The Labute approximate surface area is 765 Å². The second kappa shape index (κ2) is 35.5. The van der Waals surface area contributed by atoms with Crippen LogP contribution in [0.5, 0.6) is 0 Å². The largest absolute Gasteiger partial charge is 0.435 e. The van der Waals surface area contributed by atoms with Crippen LogP contribution in [0.2, 0.25) is 0 Å². The van der Waals surface area contributed by atoms with Gasteiger partial charge < -0.3 is 57.8 Å². The van der Waals surface area contributed by atoms with Gasteiger partial charge in [0, 0.05) is 103 Å². The van der Waals surface area contributed by atoms with Crippen LogP contribution in [-0.2, 0) is 0 Å². The molecule has 11 aromatic carbocycles. The molecule has 20 nitrogen and oxygen atoms in total. The highest BCUT2D eigenvalue weighted by molar-refractivity contribution is 6.10. The molecule has 0 bridgehead atoms. The monoisotopic (exact) mass is 1720 g/mol. The van der Waals surface area contributed by atoms with E-state index in [1.807, 2.05) is 108 Å². The number of hydrogen-bond acceptors (Lipinski definition) is 20. The van der Waals surface area contributed by atoms with Crippen molar-refractivity contribution in [2.45, 2.75) is 142 Å². The third kappa shape index (κ3) is 15.8. The Morgan fingerprint density at radius 3 is 0.794 bits per heavy atom. The van der Waals surface area contributed by atoms with E-state index >= 15 is 0 Å². The Morgan fingerprint density at radius 1 is 0.214 bits per heavy atom. The first-order chi connectivity index (χ1) is 63.7. The van der Waals surface area contributed by atoms with Crippen molar-refractivity contribution >= 4 is 147 Å². The molecule has 12 heterocycles. The summed E-state index contributed by atoms with van der Waals surface area (Å²) in [6, 6.07) is 102. The minimum Gasteiger partial charge on any atom is -0.435 e. The predicted octanol–water partition coefficient (Wildman–Crippen LogP) is 27.1. The predicted molar refractivity (Wildman–Crippen MR) is 539 cm³/mol. The number of fused-ring (bicyclic) bond motifs is 10. The first kappa shape index (κ1) is 84.8. The van der Waals surface area contributed by atoms with Gasteiger partial charge in [0.1, 0.15) is 30.8 Å². The normalized spacial score (nSPS) is 16.4. The van der Waals surface area contributed by atoms with Crippen molar-refractivity contribution in [3.63, 3.8) is 0 Å². The van der Waals surface area contributed by atoms with E-state index in [0.29, 0.717) is 11.4 Å². The molecule has 20 heteroatoms. The van der Waals surface area contributed by atoms with Gasteiger partial charge in [-0.05, 0) is 254 Å². The number of aromatic nitrogens is 8. The summed E-state index contributed by atoms with van der Waals surface area (Å²) in [5, 5.41) is 4.34. The Bertz CT molecular complexity index is 6990. The van der Waals surface area contributed by atoms with Crippen LogP contribution in [0, 0.1) is 76.2 Å². The molecule has 0 aliphatic carbocycles. The minimum absolute atomic E-state index is 0.0697. The Hall–Kier alpha value is -15.7. The van der Waals surface area contributed by atoms with Crippen molar-refractivity contribution in [1.29, 1.82) is 0 Å². The molecule has 0 saturated heterocycles. The summed E-state index contributed by atoms with van der Waals surface area (Å²) in [6.45, 7) is 33.8. The maximum Gasteiger partial charge on any atom is 0.227 e. The number of anilines is 16. The van der Waals surface area contributed by atoms with Crippen molar-refractivity contribution in [2.24, 2.45) is 0 Å². The van der Waals surface area contributed by atoms with Crippen molar-refractivity contribution in [2.75, 3.05) is 49.0 Å². The first-order valence-corrected chi connectivity index (χ1v) is 44.9. The number of benzene rings is 11. The molecule has 0 unspecified atom stereocenters. The quantitative estimate of drug-likeness (QED) is 0.127. The number of aryl methyl sites for hydroxylation is 11. The topological polar surface area (TPSA) is 162 Å². The lowest BCUT2D eigenvalue weighted by atomic mass is 10.1. The number of furan rings is 2. The van der Waals surface area contributed by atoms with Gasteiger partial charge >= 0.3 is 0 Å². The van der Waals surface area contributed by atoms with E-state index in [0.717, 1.165) is 147 Å². The van der Waals surface area contributed by atoms with Crippen LogP contribution in [0.4, 0.5) is 91.8 Å². The number of para-hydroxylation sites is 10. The molecule has 0 radical (unpaired) electrons. The Kier molecular flexibility index (Phi) is 23.0. The van der Waals surface area contributed by atoms with E-state index in [-0.39, 0.29) is 30.8 Å². The Balaban J connectivity index is 0.000000106. The fourth-order valence-corrected chi connectivity index (χ4v) is 18.6. The van der Waals surface area contributed by atoms with Gasteiger partial charge in [-0.2, -0.15) is 0 Å². The summed E-state index contributed by atoms with van der Waals surface area (Å²) in [5.74, 6) is 5.49. The maximum atomic E-state index is 6.24. The van der Waals surface area contributed by atoms with Crippen molar-refractivity contribution < 1.29 is 8.83 Å². The third-order valence-corrected chi connectivity index (χ3v) is 25.6. The highest BCUT2D eigenvalue weighted by Gasteiger charge is 2.43. The molecule has 5 aliphatic heterocycles. The van der Waals surface area contributed by atoms with Crippen molar-refractivity contribution in [1.82, 2.24) is 39.9 Å². The molecule has 0 fully saturated rings. The summed E-state index contributed by atoms with van der Waals surface area (Å²) < 4.78 is 12.5. The standard InChI is InChI=1S/C23H20N4.2C23H21N3O.2C21H22N4/c1-16-10-6-9-15-21(16)27-17(2)26(18-11-4-3-5-12-18)22-23(27)25-20-14-8-7-13-19(20)24-22;2*1-15-9-11-19-20-12-10-16(2)24-23(20)27-22(19)21(15)26-14-13-25(17(26)3)18-7-5-4-6-8-18;2*1-14-10-8-9-13-19(14)25-17(4)24(18-11-6-5-7-12-18)20-21(25)23-16(3)15(2)22-20/h3-15,17H,1-2H3;2*4-14,17H,1-3H3;2*5-13,17H,1-4H3/t5*17-/m00000/s1. The smallest absolute Gasteiger partial charge is 0.227 e. The second-order valence-electron chi connectivity index (χ2n) is 34.1. The molecular weight excluding hydrogens is 1620 g/mol. The van der Waals surface area contributed by atoms with Gasteiger partial charge in [-0.15, -0.1) is 0 Å². The zero-order valence-corrected chi connectivity index (χ0v) is 76.9. The van der Waals surface area contributed by atoms with Crippen LogP contribution >= 0.6 is 0 Å². The van der Waals surface area contributed by atoms with Gasteiger partial charge in [0.25, 0.3) is 0 Å². The summed E-state index contributed by atoms with van der Waals surface area (Å²) in [7, 11) is 0. The zero-order valence-electron chi connectivity index (χ0n) is 76.9. The molecule has 0 spiro atoms.